The summed E-state index contributed by atoms with van der Waals surface area (Å²) in [5.74, 6) is -3.10. The third-order valence-corrected chi connectivity index (χ3v) is 5.92. The summed E-state index contributed by atoms with van der Waals surface area (Å²) in [5, 5.41) is 9.50. The van der Waals surface area contributed by atoms with Crippen molar-refractivity contribution in [3.8, 4) is 0 Å². The van der Waals surface area contributed by atoms with Crippen LogP contribution in [0.4, 0.5) is 13.2 Å². The summed E-state index contributed by atoms with van der Waals surface area (Å²) < 4.78 is 44.6. The molecule has 1 aliphatic rings. The van der Waals surface area contributed by atoms with E-state index in [9.17, 15) is 23.1 Å². The molecule has 0 bridgehead atoms. The van der Waals surface area contributed by atoms with Crippen molar-refractivity contribution in [2.75, 3.05) is 6.54 Å². The highest BCUT2D eigenvalue weighted by atomic mass is 79.9. The van der Waals surface area contributed by atoms with Crippen molar-refractivity contribution in [2.45, 2.75) is 19.5 Å². The number of thiocarbonyl (C=S) groups is 1. The van der Waals surface area contributed by atoms with E-state index < -0.39 is 30.0 Å². The van der Waals surface area contributed by atoms with E-state index in [-0.39, 0.29) is 22.4 Å². The van der Waals surface area contributed by atoms with Gasteiger partial charge in [-0.15, -0.1) is 0 Å². The number of carboxylic acids is 1. The number of rotatable bonds is 4. The van der Waals surface area contributed by atoms with Crippen LogP contribution in [0, 0.1) is 17.5 Å². The molecule has 0 radical (unpaired) electrons. The molecular formula is C20H14BrF3N2O2S. The zero-order valence-electron chi connectivity index (χ0n) is 14.9. The number of benzene rings is 2. The van der Waals surface area contributed by atoms with E-state index in [1.807, 2.05) is 0 Å². The second-order valence-electron chi connectivity index (χ2n) is 6.80. The molecule has 0 fully saturated rings. The van der Waals surface area contributed by atoms with Crippen molar-refractivity contribution in [3.63, 3.8) is 0 Å². The summed E-state index contributed by atoms with van der Waals surface area (Å²) in [6.07, 6.45) is 0.374. The maximum Gasteiger partial charge on any atom is 0.323 e. The molecular weight excluding hydrogens is 469 g/mol. The van der Waals surface area contributed by atoms with E-state index in [0.29, 0.717) is 34.3 Å². The normalized spacial score (nSPS) is 13.8. The van der Waals surface area contributed by atoms with Gasteiger partial charge in [0.25, 0.3) is 0 Å². The standard InChI is InChI=1S/C20H14BrF3N2O2S/c21-11-2-1-10(14(23)5-11)8-25-4-3-13-18-15(24)6-12(22)7-16(18)26(9-17(27)28)19(13)20(25)29/h1-2,5-7H,3-4,8-9H2,(H,27,28). The number of hydrogen-bond donors (Lipinski definition) is 1. The molecule has 1 aliphatic heterocycles. The number of hydrogen-bond acceptors (Lipinski definition) is 2. The monoisotopic (exact) mass is 482 g/mol. The molecule has 4 nitrogen and oxygen atoms in total. The Kier molecular flexibility index (Phi) is 5.12. The van der Waals surface area contributed by atoms with Crippen molar-refractivity contribution in [2.24, 2.45) is 0 Å². The highest BCUT2D eigenvalue weighted by Crippen LogP contribution is 2.34. The van der Waals surface area contributed by atoms with Gasteiger partial charge in [0.05, 0.1) is 11.2 Å². The first-order valence-corrected chi connectivity index (χ1v) is 9.91. The van der Waals surface area contributed by atoms with Crippen LogP contribution in [0.1, 0.15) is 16.8 Å². The van der Waals surface area contributed by atoms with E-state index >= 15 is 0 Å². The first kappa shape index (κ1) is 19.9. The topological polar surface area (TPSA) is 45.5 Å². The number of aliphatic carboxylic acids is 1. The average molecular weight is 483 g/mol. The Morgan fingerprint density at radius 1 is 1.17 bits per heavy atom. The van der Waals surface area contributed by atoms with Crippen molar-refractivity contribution >= 4 is 50.0 Å². The predicted octanol–water partition coefficient (Wildman–Crippen LogP) is 4.64. The van der Waals surface area contributed by atoms with Gasteiger partial charge in [0, 0.05) is 34.6 Å². The number of nitrogens with zero attached hydrogens (tertiary/aromatic N) is 2. The molecule has 29 heavy (non-hydrogen) atoms. The van der Waals surface area contributed by atoms with Gasteiger partial charge in [0.1, 0.15) is 29.0 Å². The number of carbonyl (C=O) groups is 1. The second kappa shape index (κ2) is 7.46. The third kappa shape index (κ3) is 3.53. The lowest BCUT2D eigenvalue weighted by Gasteiger charge is -2.31. The van der Waals surface area contributed by atoms with Gasteiger partial charge in [-0.3, -0.25) is 4.79 Å². The van der Waals surface area contributed by atoms with Crippen LogP contribution in [0.2, 0.25) is 0 Å². The van der Waals surface area contributed by atoms with E-state index in [1.54, 1.807) is 17.0 Å². The van der Waals surface area contributed by atoms with Crippen LogP contribution in [-0.4, -0.2) is 32.1 Å². The van der Waals surface area contributed by atoms with Crippen molar-refractivity contribution < 1.29 is 23.1 Å². The molecule has 0 aliphatic carbocycles. The first-order chi connectivity index (χ1) is 13.8. The number of halogens is 4. The van der Waals surface area contributed by atoms with Gasteiger partial charge in [-0.2, -0.15) is 0 Å². The van der Waals surface area contributed by atoms with Gasteiger partial charge in [-0.1, -0.05) is 34.2 Å². The van der Waals surface area contributed by atoms with Crippen LogP contribution in [0.3, 0.4) is 0 Å². The Balaban J connectivity index is 1.82. The minimum atomic E-state index is -1.16. The summed E-state index contributed by atoms with van der Waals surface area (Å²) in [7, 11) is 0. The molecule has 0 unspecified atom stereocenters. The summed E-state index contributed by atoms with van der Waals surface area (Å²) in [5.41, 5.74) is 1.49. The van der Waals surface area contributed by atoms with Gasteiger partial charge >= 0.3 is 5.97 Å². The zero-order chi connectivity index (χ0) is 20.9. The Morgan fingerprint density at radius 2 is 1.93 bits per heavy atom. The van der Waals surface area contributed by atoms with Crippen LogP contribution >= 0.6 is 28.1 Å². The Morgan fingerprint density at radius 3 is 2.62 bits per heavy atom. The lowest BCUT2D eigenvalue weighted by atomic mass is 10.0. The van der Waals surface area contributed by atoms with Crippen molar-refractivity contribution in [1.82, 2.24) is 9.47 Å². The van der Waals surface area contributed by atoms with Gasteiger partial charge in [0.2, 0.25) is 0 Å². The zero-order valence-corrected chi connectivity index (χ0v) is 17.3. The molecule has 0 saturated carbocycles. The summed E-state index contributed by atoms with van der Waals surface area (Å²) >= 11 is 8.79. The number of carboxylic acid groups (broad SMARTS) is 1. The maximum absolute atomic E-state index is 14.5. The summed E-state index contributed by atoms with van der Waals surface area (Å²) in [6, 6.07) is 6.60. The Bertz CT molecular complexity index is 1180. The van der Waals surface area contributed by atoms with Gasteiger partial charge in [0.15, 0.2) is 0 Å². The van der Waals surface area contributed by atoms with Crippen LogP contribution in [0.5, 0.6) is 0 Å². The second-order valence-corrected chi connectivity index (χ2v) is 8.10. The molecule has 2 aromatic carbocycles. The lowest BCUT2D eigenvalue weighted by Crippen LogP contribution is -2.38. The molecule has 4 rings (SSSR count). The van der Waals surface area contributed by atoms with E-state index in [4.69, 9.17) is 12.2 Å². The molecule has 3 aromatic rings. The van der Waals surface area contributed by atoms with E-state index in [0.717, 1.165) is 12.1 Å². The molecule has 0 atom stereocenters. The van der Waals surface area contributed by atoms with Crippen LogP contribution in [-0.2, 0) is 24.3 Å². The molecule has 9 heteroatoms. The SMILES string of the molecule is O=C(O)Cn1c2c(c3c(F)cc(F)cc31)CCN(Cc1ccc(Br)cc1F)C2=S. The minimum Gasteiger partial charge on any atom is -0.480 e. The maximum atomic E-state index is 14.5. The molecule has 0 saturated heterocycles. The van der Waals surface area contributed by atoms with E-state index in [2.05, 4.69) is 15.9 Å². The minimum absolute atomic E-state index is 0.147. The first-order valence-electron chi connectivity index (χ1n) is 8.71. The number of fused-ring (bicyclic) bond motifs is 3. The average Bonchev–Trinajstić information content (AvgIpc) is 2.93. The van der Waals surface area contributed by atoms with Crippen LogP contribution in [0.15, 0.2) is 34.8 Å². The largest absolute Gasteiger partial charge is 0.480 e. The Labute approximate surface area is 177 Å². The summed E-state index contributed by atoms with van der Waals surface area (Å²) in [6.45, 7) is 0.0997. The predicted molar refractivity (Wildman–Crippen MR) is 109 cm³/mol. The van der Waals surface area contributed by atoms with Gasteiger partial charge in [-0.05, 0) is 30.2 Å². The number of aromatic nitrogens is 1. The van der Waals surface area contributed by atoms with Crippen molar-refractivity contribution in [3.05, 3.63) is 69.1 Å². The molecule has 0 amide bonds. The smallest absolute Gasteiger partial charge is 0.323 e. The third-order valence-electron chi connectivity index (χ3n) is 4.97. The molecule has 0 spiro atoms. The van der Waals surface area contributed by atoms with Crippen molar-refractivity contribution in [1.29, 1.82) is 0 Å². The lowest BCUT2D eigenvalue weighted by molar-refractivity contribution is -0.137. The van der Waals surface area contributed by atoms with Crippen LogP contribution < -0.4 is 0 Å². The van der Waals surface area contributed by atoms with E-state index in [1.165, 1.54) is 10.6 Å². The highest BCUT2D eigenvalue weighted by Gasteiger charge is 2.31. The van der Waals surface area contributed by atoms with Crippen LogP contribution in [0.25, 0.3) is 10.9 Å². The fraction of sp³-hybridized carbons (Fsp3) is 0.200. The quantitative estimate of drug-likeness (QED) is 0.550. The molecule has 1 aromatic heterocycles. The van der Waals surface area contributed by atoms with Gasteiger partial charge < -0.3 is 14.6 Å². The molecule has 150 valence electrons. The molecule has 1 N–H and O–H groups in total. The molecule has 2 heterocycles. The van der Waals surface area contributed by atoms with Gasteiger partial charge in [-0.25, -0.2) is 13.2 Å². The highest BCUT2D eigenvalue weighted by molar-refractivity contribution is 9.10. The Hall–Kier alpha value is -2.39. The fourth-order valence-corrected chi connectivity index (χ4v) is 4.49. The summed E-state index contributed by atoms with van der Waals surface area (Å²) in [4.78, 5) is 13.4. The fourth-order valence-electron chi connectivity index (χ4n) is 3.77.